The highest BCUT2D eigenvalue weighted by molar-refractivity contribution is 5.81. The predicted molar refractivity (Wildman–Crippen MR) is 87.5 cm³/mol. The van der Waals surface area contributed by atoms with Crippen LogP contribution in [0.25, 0.3) is 0 Å². The average Bonchev–Trinajstić information content (AvgIpc) is 2.56. The van der Waals surface area contributed by atoms with E-state index < -0.39 is 17.6 Å². The molecule has 0 aliphatic carbocycles. The molecule has 0 heterocycles. The number of nitrogens with one attached hydrogen (secondary N) is 3. The van der Waals surface area contributed by atoms with Crippen LogP contribution in [-0.2, 0) is 17.5 Å². The predicted octanol–water partition coefficient (Wildman–Crippen LogP) is 2.43. The summed E-state index contributed by atoms with van der Waals surface area (Å²) in [6.45, 7) is 2.63. The van der Waals surface area contributed by atoms with Crippen molar-refractivity contribution in [1.82, 2.24) is 16.0 Å². The smallest absolute Gasteiger partial charge is 0.356 e. The highest BCUT2D eigenvalue weighted by Crippen LogP contribution is 2.32. The molecule has 0 saturated carbocycles. The van der Waals surface area contributed by atoms with Gasteiger partial charge >= 0.3 is 6.18 Å². The van der Waals surface area contributed by atoms with E-state index in [4.69, 9.17) is 0 Å². The summed E-state index contributed by atoms with van der Waals surface area (Å²) in [5, 5.41) is 8.27. The lowest BCUT2D eigenvalue weighted by molar-refractivity contribution is -0.138. The summed E-state index contributed by atoms with van der Waals surface area (Å²) in [5.41, 5.74) is -1.13. The summed E-state index contributed by atoms with van der Waals surface area (Å²) in [6.07, 6.45) is -3.60. The van der Waals surface area contributed by atoms with Gasteiger partial charge in [0, 0.05) is 33.1 Å². The van der Waals surface area contributed by atoms with Crippen LogP contribution in [0.15, 0.2) is 23.2 Å². The fourth-order valence-corrected chi connectivity index (χ4v) is 2.01. The Morgan fingerprint density at radius 2 is 1.88 bits per heavy atom. The van der Waals surface area contributed by atoms with Gasteiger partial charge in [-0.15, -0.1) is 0 Å². The van der Waals surface area contributed by atoms with Crippen LogP contribution in [0, 0.1) is 5.82 Å². The number of rotatable bonds is 7. The molecule has 1 aromatic rings. The Bertz CT molecular complexity index is 602. The molecular formula is C16H22F4N4O. The SMILES string of the molecule is CCCNC(=O)CCNC(=NC)NCc1ccc(F)cc1C(F)(F)F. The monoisotopic (exact) mass is 362 g/mol. The Balaban J connectivity index is 2.57. The van der Waals surface area contributed by atoms with E-state index in [9.17, 15) is 22.4 Å². The summed E-state index contributed by atoms with van der Waals surface area (Å²) in [4.78, 5) is 15.3. The number of carbonyl (C=O) groups is 1. The first-order chi connectivity index (χ1) is 11.8. The molecule has 9 heteroatoms. The van der Waals surface area contributed by atoms with Crippen LogP contribution in [0.2, 0.25) is 0 Å². The minimum Gasteiger partial charge on any atom is -0.356 e. The summed E-state index contributed by atoms with van der Waals surface area (Å²) >= 11 is 0. The number of hydrogen-bond acceptors (Lipinski definition) is 2. The van der Waals surface area contributed by atoms with Crippen LogP contribution >= 0.6 is 0 Å². The molecule has 140 valence electrons. The van der Waals surface area contributed by atoms with Crippen molar-refractivity contribution in [2.75, 3.05) is 20.1 Å². The van der Waals surface area contributed by atoms with Crippen molar-refractivity contribution in [3.63, 3.8) is 0 Å². The van der Waals surface area contributed by atoms with E-state index >= 15 is 0 Å². The largest absolute Gasteiger partial charge is 0.416 e. The van der Waals surface area contributed by atoms with Crippen LogP contribution in [-0.4, -0.2) is 32.0 Å². The second-order valence-corrected chi connectivity index (χ2v) is 5.25. The zero-order valence-electron chi connectivity index (χ0n) is 14.1. The van der Waals surface area contributed by atoms with Crippen molar-refractivity contribution in [1.29, 1.82) is 0 Å². The molecule has 3 N–H and O–H groups in total. The first kappa shape index (κ1) is 20.7. The Morgan fingerprint density at radius 3 is 2.48 bits per heavy atom. The van der Waals surface area contributed by atoms with Gasteiger partial charge in [-0.1, -0.05) is 13.0 Å². The van der Waals surface area contributed by atoms with Gasteiger partial charge in [-0.3, -0.25) is 9.79 Å². The van der Waals surface area contributed by atoms with Gasteiger partial charge in [0.25, 0.3) is 0 Å². The molecule has 0 spiro atoms. The number of alkyl halides is 3. The number of benzene rings is 1. The maximum atomic E-state index is 13.1. The van der Waals surface area contributed by atoms with Crippen molar-refractivity contribution >= 4 is 11.9 Å². The number of carbonyl (C=O) groups excluding carboxylic acids is 1. The van der Waals surface area contributed by atoms with Crippen LogP contribution < -0.4 is 16.0 Å². The fourth-order valence-electron chi connectivity index (χ4n) is 2.01. The van der Waals surface area contributed by atoms with Gasteiger partial charge in [0.15, 0.2) is 5.96 Å². The second-order valence-electron chi connectivity index (χ2n) is 5.25. The molecule has 25 heavy (non-hydrogen) atoms. The molecule has 1 rings (SSSR count). The summed E-state index contributed by atoms with van der Waals surface area (Å²) in [7, 11) is 1.46. The molecule has 0 aliphatic heterocycles. The number of hydrogen-bond donors (Lipinski definition) is 3. The zero-order valence-corrected chi connectivity index (χ0v) is 14.1. The highest BCUT2D eigenvalue weighted by Gasteiger charge is 2.33. The molecule has 0 aliphatic rings. The minimum atomic E-state index is -4.65. The highest BCUT2D eigenvalue weighted by atomic mass is 19.4. The fraction of sp³-hybridized carbons (Fsp3) is 0.500. The van der Waals surface area contributed by atoms with Crippen molar-refractivity contribution < 1.29 is 22.4 Å². The third kappa shape index (κ3) is 7.40. The Hall–Kier alpha value is -2.32. The third-order valence-corrected chi connectivity index (χ3v) is 3.26. The number of aliphatic imine (C=N–C) groups is 1. The van der Waals surface area contributed by atoms with E-state index in [-0.39, 0.29) is 36.9 Å². The number of halogens is 4. The van der Waals surface area contributed by atoms with Gasteiger partial charge in [-0.2, -0.15) is 13.2 Å². The third-order valence-electron chi connectivity index (χ3n) is 3.26. The lowest BCUT2D eigenvalue weighted by Crippen LogP contribution is -2.39. The summed E-state index contributed by atoms with van der Waals surface area (Å²) < 4.78 is 51.9. The van der Waals surface area contributed by atoms with Crippen LogP contribution in [0.4, 0.5) is 17.6 Å². The molecule has 0 bridgehead atoms. The van der Waals surface area contributed by atoms with Crippen LogP contribution in [0.5, 0.6) is 0 Å². The zero-order chi connectivity index (χ0) is 18.9. The van der Waals surface area contributed by atoms with Crippen LogP contribution in [0.3, 0.4) is 0 Å². The quantitative estimate of drug-likeness (QED) is 0.397. The molecular weight excluding hydrogens is 340 g/mol. The van der Waals surface area contributed by atoms with Crippen molar-refractivity contribution in [2.45, 2.75) is 32.5 Å². The van der Waals surface area contributed by atoms with Gasteiger partial charge in [0.05, 0.1) is 5.56 Å². The topological polar surface area (TPSA) is 65.5 Å². The minimum absolute atomic E-state index is 0.0995. The average molecular weight is 362 g/mol. The lowest BCUT2D eigenvalue weighted by atomic mass is 10.1. The number of guanidine groups is 1. The van der Waals surface area contributed by atoms with Gasteiger partial charge in [-0.25, -0.2) is 4.39 Å². The molecule has 0 aromatic heterocycles. The first-order valence-electron chi connectivity index (χ1n) is 7.84. The van der Waals surface area contributed by atoms with E-state index in [0.29, 0.717) is 12.6 Å². The number of amides is 1. The van der Waals surface area contributed by atoms with E-state index in [0.717, 1.165) is 18.6 Å². The molecule has 0 unspecified atom stereocenters. The van der Waals surface area contributed by atoms with Gasteiger partial charge in [0.1, 0.15) is 5.82 Å². The molecule has 0 radical (unpaired) electrons. The summed E-state index contributed by atoms with van der Waals surface area (Å²) in [6, 6.07) is 2.52. The van der Waals surface area contributed by atoms with Crippen molar-refractivity contribution in [3.05, 3.63) is 35.1 Å². The first-order valence-corrected chi connectivity index (χ1v) is 7.84. The van der Waals surface area contributed by atoms with Crippen LogP contribution in [0.1, 0.15) is 30.9 Å². The van der Waals surface area contributed by atoms with E-state index in [1.807, 2.05) is 6.92 Å². The molecule has 5 nitrogen and oxygen atoms in total. The van der Waals surface area contributed by atoms with E-state index in [1.165, 1.54) is 7.05 Å². The normalized spacial score (nSPS) is 12.0. The van der Waals surface area contributed by atoms with Gasteiger partial charge < -0.3 is 16.0 Å². The van der Waals surface area contributed by atoms with E-state index in [1.54, 1.807) is 0 Å². The number of nitrogens with zero attached hydrogens (tertiary/aromatic N) is 1. The molecule has 0 saturated heterocycles. The van der Waals surface area contributed by atoms with Crippen molar-refractivity contribution in [2.24, 2.45) is 4.99 Å². The van der Waals surface area contributed by atoms with E-state index in [2.05, 4.69) is 20.9 Å². The molecule has 1 amide bonds. The molecule has 0 fully saturated rings. The van der Waals surface area contributed by atoms with Crippen molar-refractivity contribution in [3.8, 4) is 0 Å². The second kappa shape index (κ2) is 9.85. The Labute approximate surface area is 143 Å². The molecule has 1 aromatic carbocycles. The lowest BCUT2D eigenvalue weighted by Gasteiger charge is -2.16. The summed E-state index contributed by atoms with van der Waals surface area (Å²) in [5.74, 6) is -0.819. The maximum Gasteiger partial charge on any atom is 0.416 e. The Kier molecular flexibility index (Phi) is 8.17. The van der Waals surface area contributed by atoms with Gasteiger partial charge in [0.2, 0.25) is 5.91 Å². The maximum absolute atomic E-state index is 13.1. The van der Waals surface area contributed by atoms with Gasteiger partial charge in [-0.05, 0) is 24.1 Å². The standard InChI is InChI=1S/C16H22F4N4O/c1-3-7-22-14(25)6-8-23-15(21-2)24-10-11-4-5-12(17)9-13(11)16(18,19)20/h4-5,9H,3,6-8,10H2,1-2H3,(H,22,25)(H2,21,23,24). The Morgan fingerprint density at radius 1 is 1.16 bits per heavy atom. The molecule has 0 atom stereocenters.